The van der Waals surface area contributed by atoms with E-state index in [9.17, 15) is 23.9 Å². The Bertz CT molecular complexity index is 1220. The number of aliphatic carboxylic acids is 1. The first-order valence-corrected chi connectivity index (χ1v) is 13.9. The number of hydrogen-bond donors (Lipinski definition) is 4. The van der Waals surface area contributed by atoms with Crippen molar-refractivity contribution in [3.63, 3.8) is 0 Å². The van der Waals surface area contributed by atoms with Crippen LogP contribution in [0.2, 0.25) is 0 Å². The summed E-state index contributed by atoms with van der Waals surface area (Å²) in [6.45, 7) is 3.99. The average Bonchev–Trinajstić information content (AvgIpc) is 2.86. The van der Waals surface area contributed by atoms with Crippen molar-refractivity contribution >= 4 is 25.2 Å². The molecule has 3 aromatic carbocycles. The Kier molecular flexibility index (Phi) is 9.64. The Balaban J connectivity index is 1.95. The number of anilines is 1. The second-order valence-electron chi connectivity index (χ2n) is 9.24. The number of amides is 1. The first kappa shape index (κ1) is 28.1. The van der Waals surface area contributed by atoms with E-state index >= 15 is 0 Å². The molecular weight excluding hydrogens is 491 g/mol. The van der Waals surface area contributed by atoms with Crippen LogP contribution in [0.5, 0.6) is 0 Å². The highest BCUT2D eigenvalue weighted by atomic mass is 31.2. The summed E-state index contributed by atoms with van der Waals surface area (Å²) >= 11 is 0. The quantitative estimate of drug-likeness (QED) is 0.255. The topological polar surface area (TPSA) is 127 Å². The molecule has 0 aliphatic carbocycles. The van der Waals surface area contributed by atoms with E-state index in [0.29, 0.717) is 5.69 Å². The van der Waals surface area contributed by atoms with Gasteiger partial charge >= 0.3 is 13.6 Å². The Morgan fingerprint density at radius 2 is 1.49 bits per heavy atom. The van der Waals surface area contributed by atoms with E-state index < -0.39 is 31.8 Å². The third-order valence-corrected chi connectivity index (χ3v) is 6.71. The van der Waals surface area contributed by atoms with Gasteiger partial charge in [0, 0.05) is 18.7 Å². The van der Waals surface area contributed by atoms with Crippen LogP contribution in [-0.2, 0) is 20.6 Å². The van der Waals surface area contributed by atoms with E-state index in [1.165, 1.54) is 4.90 Å². The second kappa shape index (κ2) is 12.7. The van der Waals surface area contributed by atoms with Crippen molar-refractivity contribution in [2.75, 3.05) is 17.7 Å². The van der Waals surface area contributed by atoms with Crippen LogP contribution < -0.4 is 10.2 Å². The maximum Gasteiger partial charge on any atom is 0.344 e. The van der Waals surface area contributed by atoms with Gasteiger partial charge in [-0.2, -0.15) is 0 Å². The van der Waals surface area contributed by atoms with E-state index in [0.717, 1.165) is 22.3 Å². The molecule has 0 bridgehead atoms. The summed E-state index contributed by atoms with van der Waals surface area (Å²) in [4.78, 5) is 45.4. The predicted octanol–water partition coefficient (Wildman–Crippen LogP) is 4.62. The van der Waals surface area contributed by atoms with Crippen LogP contribution in [0.15, 0.2) is 78.9 Å². The normalized spacial score (nSPS) is 12.2. The first-order chi connectivity index (χ1) is 17.5. The van der Waals surface area contributed by atoms with Crippen molar-refractivity contribution in [3.8, 4) is 11.1 Å². The van der Waals surface area contributed by atoms with E-state index in [2.05, 4.69) is 5.32 Å². The van der Waals surface area contributed by atoms with Gasteiger partial charge in [0.05, 0.1) is 6.42 Å². The molecule has 4 N–H and O–H groups in total. The lowest BCUT2D eigenvalue weighted by molar-refractivity contribution is -0.136. The van der Waals surface area contributed by atoms with Gasteiger partial charge in [-0.3, -0.25) is 14.2 Å². The van der Waals surface area contributed by atoms with E-state index in [1.807, 2.05) is 80.6 Å². The maximum atomic E-state index is 13.3. The zero-order chi connectivity index (χ0) is 27.0. The lowest BCUT2D eigenvalue weighted by atomic mass is 9.99. The molecule has 0 aliphatic rings. The molecule has 3 aromatic rings. The molecule has 0 spiro atoms. The third-order valence-electron chi connectivity index (χ3n) is 6.04. The van der Waals surface area contributed by atoms with Crippen molar-refractivity contribution in [1.82, 2.24) is 5.32 Å². The zero-order valence-corrected chi connectivity index (χ0v) is 21.8. The van der Waals surface area contributed by atoms with Crippen LogP contribution in [0.1, 0.15) is 37.3 Å². The minimum atomic E-state index is -4.55. The van der Waals surface area contributed by atoms with Gasteiger partial charge in [0.2, 0.25) is 5.91 Å². The molecule has 9 heteroatoms. The van der Waals surface area contributed by atoms with Crippen molar-refractivity contribution < 1.29 is 29.0 Å². The fourth-order valence-electron chi connectivity index (χ4n) is 4.05. The van der Waals surface area contributed by atoms with Crippen molar-refractivity contribution in [3.05, 3.63) is 90.0 Å². The van der Waals surface area contributed by atoms with Crippen LogP contribution in [0, 0.1) is 0 Å². The summed E-state index contributed by atoms with van der Waals surface area (Å²) in [5.41, 5.74) is 4.40. The summed E-state index contributed by atoms with van der Waals surface area (Å²) in [6, 6.07) is 23.8. The summed E-state index contributed by atoms with van der Waals surface area (Å²) in [6.07, 6.45) is -0.751. The SMILES string of the molecule is CC(C)c1ccc(N(CP(=O)(O)O)[C@@H](Cc2ccc(-c3ccccc3)cc2)C(=O)NCCC(=O)O)cc1. The minimum absolute atomic E-state index is 0.0896. The van der Waals surface area contributed by atoms with Gasteiger partial charge in [0.1, 0.15) is 12.3 Å². The minimum Gasteiger partial charge on any atom is -0.481 e. The Morgan fingerprint density at radius 3 is 2.03 bits per heavy atom. The number of nitrogens with zero attached hydrogens (tertiary/aromatic N) is 1. The monoisotopic (exact) mass is 524 g/mol. The van der Waals surface area contributed by atoms with Crippen LogP contribution in [0.3, 0.4) is 0 Å². The molecule has 0 saturated heterocycles. The molecule has 0 unspecified atom stereocenters. The fraction of sp³-hybridized carbons (Fsp3) is 0.286. The number of carbonyl (C=O) groups is 2. The number of benzene rings is 3. The number of hydrogen-bond acceptors (Lipinski definition) is 4. The molecule has 3 rings (SSSR count). The van der Waals surface area contributed by atoms with Crippen molar-refractivity contribution in [2.24, 2.45) is 0 Å². The largest absolute Gasteiger partial charge is 0.481 e. The highest BCUT2D eigenvalue weighted by Crippen LogP contribution is 2.38. The fourth-order valence-corrected chi connectivity index (χ4v) is 4.81. The van der Waals surface area contributed by atoms with Crippen LogP contribution in [-0.4, -0.2) is 45.6 Å². The molecule has 37 heavy (non-hydrogen) atoms. The van der Waals surface area contributed by atoms with Crippen molar-refractivity contribution in [1.29, 1.82) is 0 Å². The van der Waals surface area contributed by atoms with Gasteiger partial charge in [-0.25, -0.2) is 0 Å². The summed E-state index contributed by atoms with van der Waals surface area (Å²) in [7, 11) is -4.55. The first-order valence-electron chi connectivity index (χ1n) is 12.1. The molecule has 0 aromatic heterocycles. The molecule has 0 fully saturated rings. The van der Waals surface area contributed by atoms with Gasteiger partial charge in [-0.1, -0.05) is 80.6 Å². The number of nitrogens with one attached hydrogen (secondary N) is 1. The number of carbonyl (C=O) groups excluding carboxylic acids is 1. The lowest BCUT2D eigenvalue weighted by Gasteiger charge is -2.33. The maximum absolute atomic E-state index is 13.3. The van der Waals surface area contributed by atoms with Gasteiger partial charge < -0.3 is 25.1 Å². The van der Waals surface area contributed by atoms with E-state index in [4.69, 9.17) is 5.11 Å². The molecule has 0 aliphatic heterocycles. The number of rotatable bonds is 12. The highest BCUT2D eigenvalue weighted by molar-refractivity contribution is 7.51. The second-order valence-corrected chi connectivity index (χ2v) is 10.9. The number of carboxylic acid groups (broad SMARTS) is 1. The standard InChI is InChI=1S/C28H33N2O6P/c1-20(2)22-12-14-25(15-13-22)30(19-37(34,35)36)26(28(33)29-17-16-27(31)32)18-21-8-10-24(11-9-21)23-6-4-3-5-7-23/h3-15,20,26H,16-19H2,1-2H3,(H,29,33)(H,31,32)(H2,34,35,36)/t26-/m0/s1. The zero-order valence-electron chi connectivity index (χ0n) is 20.9. The number of carboxylic acids is 1. The molecule has 196 valence electrons. The van der Waals surface area contributed by atoms with Gasteiger partial charge in [-0.05, 0) is 40.3 Å². The van der Waals surface area contributed by atoms with E-state index in [-0.39, 0.29) is 25.3 Å². The van der Waals surface area contributed by atoms with Crippen LogP contribution in [0.25, 0.3) is 11.1 Å². The summed E-state index contributed by atoms with van der Waals surface area (Å²) < 4.78 is 12.1. The summed E-state index contributed by atoms with van der Waals surface area (Å²) in [5.74, 6) is -1.29. The molecule has 0 radical (unpaired) electrons. The smallest absolute Gasteiger partial charge is 0.344 e. The Hall–Kier alpha value is -3.45. The average molecular weight is 525 g/mol. The lowest BCUT2D eigenvalue weighted by Crippen LogP contribution is -2.49. The molecule has 8 nitrogen and oxygen atoms in total. The van der Waals surface area contributed by atoms with Gasteiger partial charge in [0.25, 0.3) is 0 Å². The molecule has 0 saturated carbocycles. The molecule has 0 heterocycles. The summed E-state index contributed by atoms with van der Waals surface area (Å²) in [5, 5.41) is 11.6. The molecule has 1 atom stereocenters. The third kappa shape index (κ3) is 8.57. The van der Waals surface area contributed by atoms with Gasteiger partial charge in [0.15, 0.2) is 0 Å². The highest BCUT2D eigenvalue weighted by Gasteiger charge is 2.31. The molecular formula is C28H33N2O6P. The Morgan fingerprint density at radius 1 is 0.892 bits per heavy atom. The van der Waals surface area contributed by atoms with E-state index in [1.54, 1.807) is 12.1 Å². The van der Waals surface area contributed by atoms with Crippen LogP contribution in [0.4, 0.5) is 5.69 Å². The molecule has 1 amide bonds. The Labute approximate surface area is 217 Å². The van der Waals surface area contributed by atoms with Gasteiger partial charge in [-0.15, -0.1) is 0 Å². The predicted molar refractivity (Wildman–Crippen MR) is 145 cm³/mol. The van der Waals surface area contributed by atoms with Crippen molar-refractivity contribution in [2.45, 2.75) is 38.6 Å². The van der Waals surface area contributed by atoms with Crippen LogP contribution >= 0.6 is 7.60 Å².